The fraction of sp³-hybridized carbons (Fsp3) is 0.600. The number of carbonyl (C=O) groups is 4. The third kappa shape index (κ3) is 4.30. The van der Waals surface area contributed by atoms with E-state index < -0.39 is 64.4 Å². The molecule has 0 radical (unpaired) electrons. The molecule has 6 atom stereocenters. The number of carbonyl (C=O) groups excluding carboxylic acids is 2. The van der Waals surface area contributed by atoms with Crippen LogP contribution in [0.5, 0.6) is 0 Å². The number of anilines is 1. The standard InChI is InChI=1S/C25H35N3O7/c1-7-15-18(27-21(33)26-14-11-9-10-13(3)12-14)16-17(19(29)30)24(16,8-2)25(15,20(31)32)28-22(34)35-23(4,5)6/h9-12,15-18H,7-8H2,1-6H3,(H,28,34)(H,29,30)(H,31,32)(H2,26,27,33). The number of amides is 3. The molecule has 2 aliphatic rings. The molecule has 1 aromatic carbocycles. The number of carboxylic acids is 2. The zero-order valence-electron chi connectivity index (χ0n) is 21.0. The second-order valence-electron chi connectivity index (χ2n) is 10.5. The highest BCUT2D eigenvalue weighted by atomic mass is 16.6. The van der Waals surface area contributed by atoms with Crippen molar-refractivity contribution >= 4 is 29.8 Å². The van der Waals surface area contributed by atoms with Gasteiger partial charge in [0.2, 0.25) is 0 Å². The van der Waals surface area contributed by atoms with Crippen LogP contribution in [0.25, 0.3) is 0 Å². The molecule has 10 heteroatoms. The fourth-order valence-electron chi connectivity index (χ4n) is 6.35. The first-order valence-corrected chi connectivity index (χ1v) is 11.9. The van der Waals surface area contributed by atoms with Crippen LogP contribution in [-0.4, -0.2) is 51.5 Å². The smallest absolute Gasteiger partial charge is 0.408 e. The number of aliphatic carboxylic acids is 2. The van der Waals surface area contributed by atoms with Gasteiger partial charge >= 0.3 is 24.1 Å². The van der Waals surface area contributed by atoms with Crippen LogP contribution in [0.15, 0.2) is 24.3 Å². The second-order valence-corrected chi connectivity index (χ2v) is 10.5. The normalized spacial score (nSPS) is 31.1. The highest BCUT2D eigenvalue weighted by Crippen LogP contribution is 2.76. The van der Waals surface area contributed by atoms with Crippen molar-refractivity contribution in [3.63, 3.8) is 0 Å². The second kappa shape index (κ2) is 9.05. The summed E-state index contributed by atoms with van der Waals surface area (Å²) in [6, 6.07) is 5.81. The first-order valence-electron chi connectivity index (χ1n) is 11.9. The van der Waals surface area contributed by atoms with Crippen LogP contribution in [0.3, 0.4) is 0 Å². The third-order valence-electron chi connectivity index (χ3n) is 7.41. The molecule has 6 unspecified atom stereocenters. The first-order chi connectivity index (χ1) is 16.2. The van der Waals surface area contributed by atoms with Gasteiger partial charge in [0, 0.05) is 29.0 Å². The summed E-state index contributed by atoms with van der Waals surface area (Å²) >= 11 is 0. The molecule has 35 heavy (non-hydrogen) atoms. The highest BCUT2D eigenvalue weighted by molar-refractivity contribution is 5.93. The van der Waals surface area contributed by atoms with E-state index in [4.69, 9.17) is 4.74 Å². The number of hydrogen-bond acceptors (Lipinski definition) is 5. The van der Waals surface area contributed by atoms with Gasteiger partial charge in [0.15, 0.2) is 5.54 Å². The van der Waals surface area contributed by atoms with Crippen molar-refractivity contribution in [2.45, 2.75) is 71.6 Å². The van der Waals surface area contributed by atoms with E-state index >= 15 is 0 Å². The van der Waals surface area contributed by atoms with Gasteiger partial charge in [-0.05, 0) is 58.2 Å². The largest absolute Gasteiger partial charge is 0.481 e. The van der Waals surface area contributed by atoms with Gasteiger partial charge in [-0.3, -0.25) is 4.79 Å². The number of alkyl carbamates (subject to hydrolysis) is 1. The molecule has 2 aliphatic carbocycles. The molecule has 192 valence electrons. The van der Waals surface area contributed by atoms with Gasteiger partial charge in [-0.2, -0.15) is 0 Å². The van der Waals surface area contributed by atoms with E-state index in [9.17, 15) is 29.4 Å². The molecule has 0 heterocycles. The lowest BCUT2D eigenvalue weighted by Crippen LogP contribution is -2.66. The lowest BCUT2D eigenvalue weighted by molar-refractivity contribution is -0.153. The molecule has 0 spiro atoms. The van der Waals surface area contributed by atoms with Crippen LogP contribution in [0.2, 0.25) is 0 Å². The van der Waals surface area contributed by atoms with Crippen LogP contribution in [0.4, 0.5) is 15.3 Å². The van der Waals surface area contributed by atoms with E-state index in [1.54, 1.807) is 52.8 Å². The lowest BCUT2D eigenvalue weighted by Gasteiger charge is -2.42. The van der Waals surface area contributed by atoms with Gasteiger partial charge in [0.1, 0.15) is 5.60 Å². The topological polar surface area (TPSA) is 154 Å². The van der Waals surface area contributed by atoms with E-state index in [0.717, 1.165) is 5.56 Å². The summed E-state index contributed by atoms with van der Waals surface area (Å²) in [4.78, 5) is 51.0. The molecule has 2 fully saturated rings. The number of fused-ring (bicyclic) bond motifs is 1. The monoisotopic (exact) mass is 489 g/mol. The number of rotatable bonds is 7. The minimum atomic E-state index is -1.94. The Kier molecular flexibility index (Phi) is 6.80. The van der Waals surface area contributed by atoms with Crippen molar-refractivity contribution in [3.05, 3.63) is 29.8 Å². The van der Waals surface area contributed by atoms with E-state index in [2.05, 4.69) is 16.0 Å². The van der Waals surface area contributed by atoms with E-state index in [1.807, 2.05) is 13.0 Å². The number of ether oxygens (including phenoxy) is 1. The van der Waals surface area contributed by atoms with Crippen LogP contribution in [0, 0.1) is 30.1 Å². The minimum absolute atomic E-state index is 0.185. The maximum absolute atomic E-state index is 12.9. The van der Waals surface area contributed by atoms with Gasteiger partial charge in [-0.25, -0.2) is 14.4 Å². The van der Waals surface area contributed by atoms with E-state index in [0.29, 0.717) is 5.69 Å². The number of aryl methyl sites for hydroxylation is 1. The minimum Gasteiger partial charge on any atom is -0.481 e. The van der Waals surface area contributed by atoms with E-state index in [1.165, 1.54) is 0 Å². The molecular weight excluding hydrogens is 454 g/mol. The predicted molar refractivity (Wildman–Crippen MR) is 128 cm³/mol. The Morgan fingerprint density at radius 2 is 1.77 bits per heavy atom. The maximum atomic E-state index is 12.9. The quantitative estimate of drug-likeness (QED) is 0.392. The Hall–Kier alpha value is -3.30. The number of benzene rings is 1. The Labute approximate surface area is 204 Å². The Balaban J connectivity index is 2.01. The van der Waals surface area contributed by atoms with Crippen molar-refractivity contribution in [2.24, 2.45) is 23.2 Å². The average Bonchev–Trinajstić information content (AvgIpc) is 3.36. The number of urea groups is 1. The maximum Gasteiger partial charge on any atom is 0.408 e. The van der Waals surface area contributed by atoms with Crippen molar-refractivity contribution in [1.29, 1.82) is 0 Å². The zero-order chi connectivity index (χ0) is 26.3. The van der Waals surface area contributed by atoms with Gasteiger partial charge in [-0.1, -0.05) is 26.0 Å². The zero-order valence-corrected chi connectivity index (χ0v) is 21.0. The predicted octanol–water partition coefficient (Wildman–Crippen LogP) is 3.60. The summed E-state index contributed by atoms with van der Waals surface area (Å²) in [5.41, 5.74) is -2.61. The van der Waals surface area contributed by atoms with Crippen LogP contribution >= 0.6 is 0 Å². The first kappa shape index (κ1) is 26.3. The van der Waals surface area contributed by atoms with Gasteiger partial charge in [-0.15, -0.1) is 0 Å². The molecule has 0 bridgehead atoms. The molecule has 0 aromatic heterocycles. The molecule has 10 nitrogen and oxygen atoms in total. The van der Waals surface area contributed by atoms with Gasteiger partial charge < -0.3 is 30.9 Å². The number of hydrogen-bond donors (Lipinski definition) is 5. The van der Waals surface area contributed by atoms with Crippen molar-refractivity contribution in [3.8, 4) is 0 Å². The molecule has 3 rings (SSSR count). The SMILES string of the molecule is CCC1C(NC(=O)Nc2cccc(C)c2)C2C(C(=O)O)C2(CC)C1(NC(=O)OC(C)(C)C)C(=O)O. The van der Waals surface area contributed by atoms with Crippen molar-refractivity contribution in [1.82, 2.24) is 10.6 Å². The molecule has 0 saturated heterocycles. The molecule has 2 saturated carbocycles. The van der Waals surface area contributed by atoms with Gasteiger partial charge in [0.05, 0.1) is 5.92 Å². The van der Waals surface area contributed by atoms with Gasteiger partial charge in [0.25, 0.3) is 0 Å². The Bertz CT molecular complexity index is 1040. The van der Waals surface area contributed by atoms with Crippen molar-refractivity contribution in [2.75, 3.05) is 5.32 Å². The molecule has 1 aromatic rings. The Morgan fingerprint density at radius 1 is 1.11 bits per heavy atom. The molecule has 0 aliphatic heterocycles. The summed E-state index contributed by atoms with van der Waals surface area (Å²) in [6.45, 7) is 10.3. The van der Waals surface area contributed by atoms with Crippen LogP contribution in [0.1, 0.15) is 53.0 Å². The molecule has 3 amide bonds. The molecular formula is C25H35N3O7. The Morgan fingerprint density at radius 3 is 2.26 bits per heavy atom. The van der Waals surface area contributed by atoms with Crippen molar-refractivity contribution < 1.29 is 34.1 Å². The fourth-order valence-corrected chi connectivity index (χ4v) is 6.35. The third-order valence-corrected chi connectivity index (χ3v) is 7.41. The highest BCUT2D eigenvalue weighted by Gasteiger charge is 2.88. The summed E-state index contributed by atoms with van der Waals surface area (Å²) in [6.07, 6.45) is -0.474. The summed E-state index contributed by atoms with van der Waals surface area (Å²) in [5.74, 6) is -4.99. The van der Waals surface area contributed by atoms with E-state index in [-0.39, 0.29) is 12.8 Å². The summed E-state index contributed by atoms with van der Waals surface area (Å²) in [7, 11) is 0. The average molecular weight is 490 g/mol. The molecule has 5 N–H and O–H groups in total. The number of carboxylic acid groups (broad SMARTS) is 2. The lowest BCUT2D eigenvalue weighted by atomic mass is 9.70. The number of nitrogens with one attached hydrogen (secondary N) is 3. The van der Waals surface area contributed by atoms with Crippen LogP contribution < -0.4 is 16.0 Å². The summed E-state index contributed by atoms with van der Waals surface area (Å²) in [5, 5.41) is 28.7. The summed E-state index contributed by atoms with van der Waals surface area (Å²) < 4.78 is 5.37. The van der Waals surface area contributed by atoms with Crippen LogP contribution in [-0.2, 0) is 14.3 Å².